The molecule has 13 heavy (non-hydrogen) atoms. The Kier molecular flexibility index (Phi) is 5.06. The highest BCUT2D eigenvalue weighted by atomic mass is 28.3. The topological polar surface area (TPSA) is 47.6 Å². The maximum Gasteiger partial charge on any atom is 0.282 e. The van der Waals surface area contributed by atoms with Crippen molar-refractivity contribution in [3.8, 4) is 0 Å². The quantitative estimate of drug-likeness (QED) is 0.431. The van der Waals surface area contributed by atoms with E-state index in [1.807, 2.05) is 13.8 Å². The van der Waals surface area contributed by atoms with Gasteiger partial charge in [-0.3, -0.25) is 0 Å². The molecule has 0 aliphatic rings. The highest BCUT2D eigenvalue weighted by Gasteiger charge is 2.12. The van der Waals surface area contributed by atoms with Crippen molar-refractivity contribution in [2.75, 3.05) is 6.61 Å². The summed E-state index contributed by atoms with van der Waals surface area (Å²) in [6.07, 6.45) is 0. The first-order valence-electron chi connectivity index (χ1n) is 4.77. The molecule has 0 atom stereocenters. The fourth-order valence-corrected chi connectivity index (χ4v) is 1.47. The molecule has 0 aliphatic heterocycles. The van der Waals surface area contributed by atoms with Gasteiger partial charge in [0.25, 0.3) is 6.02 Å². The van der Waals surface area contributed by atoms with Gasteiger partial charge >= 0.3 is 0 Å². The third-order valence-electron chi connectivity index (χ3n) is 1.49. The number of aliphatic imine (C=N–C) groups is 1. The first-order chi connectivity index (χ1) is 5.81. The van der Waals surface area contributed by atoms with Crippen LogP contribution in [0.25, 0.3) is 0 Å². The number of nitrogens with two attached hydrogens (primary N) is 1. The van der Waals surface area contributed by atoms with Gasteiger partial charge in [-0.15, -0.1) is 0 Å². The lowest BCUT2D eigenvalue weighted by Gasteiger charge is -2.15. The smallest absolute Gasteiger partial charge is 0.282 e. The molecule has 0 aromatic heterocycles. The van der Waals surface area contributed by atoms with E-state index in [1.165, 1.54) is 0 Å². The van der Waals surface area contributed by atoms with Crippen LogP contribution in [-0.2, 0) is 4.74 Å². The van der Waals surface area contributed by atoms with Crippen LogP contribution in [0.15, 0.2) is 4.99 Å². The van der Waals surface area contributed by atoms with Crippen LogP contribution in [0, 0.1) is 0 Å². The minimum Gasteiger partial charge on any atom is -0.466 e. The number of amidine groups is 1. The highest BCUT2D eigenvalue weighted by Crippen LogP contribution is 2.07. The summed E-state index contributed by atoms with van der Waals surface area (Å²) < 4.78 is 5.29. The van der Waals surface area contributed by atoms with Crippen LogP contribution in [0.4, 0.5) is 0 Å². The zero-order chi connectivity index (χ0) is 10.5. The normalized spacial score (nSPS) is 13.5. The molecule has 0 saturated carbocycles. The molecule has 0 rings (SSSR count). The Morgan fingerprint density at radius 1 is 1.38 bits per heavy atom. The van der Waals surface area contributed by atoms with E-state index in [0.29, 0.717) is 12.6 Å². The van der Waals surface area contributed by atoms with E-state index in [0.717, 1.165) is 6.04 Å². The molecular weight excluding hydrogens is 180 g/mol. The van der Waals surface area contributed by atoms with Crippen LogP contribution in [0.2, 0.25) is 25.7 Å². The maximum atomic E-state index is 5.55. The third kappa shape index (κ3) is 9.40. The predicted molar refractivity (Wildman–Crippen MR) is 60.9 cm³/mol. The number of rotatable bonds is 4. The van der Waals surface area contributed by atoms with Crippen LogP contribution in [0.5, 0.6) is 0 Å². The van der Waals surface area contributed by atoms with Crippen molar-refractivity contribution in [2.45, 2.75) is 45.6 Å². The molecule has 0 spiro atoms. The second-order valence-electron chi connectivity index (χ2n) is 4.72. The van der Waals surface area contributed by atoms with Crippen molar-refractivity contribution in [3.63, 3.8) is 0 Å². The van der Waals surface area contributed by atoms with Crippen molar-refractivity contribution in [2.24, 2.45) is 10.7 Å². The summed E-state index contributed by atoms with van der Waals surface area (Å²) in [7, 11) is -1.000. The molecule has 2 N–H and O–H groups in total. The van der Waals surface area contributed by atoms with Gasteiger partial charge in [0.15, 0.2) is 0 Å². The van der Waals surface area contributed by atoms with E-state index >= 15 is 0 Å². The first-order valence-corrected chi connectivity index (χ1v) is 8.48. The van der Waals surface area contributed by atoms with Crippen LogP contribution >= 0.6 is 0 Å². The Morgan fingerprint density at radius 3 is 2.31 bits per heavy atom. The van der Waals surface area contributed by atoms with Gasteiger partial charge in [0, 0.05) is 14.1 Å². The minimum absolute atomic E-state index is 0.215. The molecule has 4 heteroatoms. The number of hydrogen-bond donors (Lipinski definition) is 1. The van der Waals surface area contributed by atoms with Gasteiger partial charge in [0.2, 0.25) is 0 Å². The van der Waals surface area contributed by atoms with Gasteiger partial charge < -0.3 is 10.5 Å². The lowest BCUT2D eigenvalue weighted by atomic mass is 10.4. The summed E-state index contributed by atoms with van der Waals surface area (Å²) in [4.78, 5) is 4.08. The summed E-state index contributed by atoms with van der Waals surface area (Å²) in [5.74, 6) is 0. The molecule has 0 aromatic rings. The molecule has 78 valence electrons. The van der Waals surface area contributed by atoms with E-state index < -0.39 is 8.07 Å². The molecule has 0 aromatic carbocycles. The highest BCUT2D eigenvalue weighted by molar-refractivity contribution is 6.76. The first kappa shape index (κ1) is 12.5. The van der Waals surface area contributed by atoms with Crippen molar-refractivity contribution in [1.29, 1.82) is 0 Å². The van der Waals surface area contributed by atoms with Crippen LogP contribution in [0.1, 0.15) is 13.8 Å². The molecule has 0 fully saturated rings. The molecular formula is C9H22N2OSi. The van der Waals surface area contributed by atoms with Gasteiger partial charge in [-0.1, -0.05) is 19.6 Å². The zero-order valence-corrected chi connectivity index (χ0v) is 10.4. The Hall–Kier alpha value is -0.513. The summed E-state index contributed by atoms with van der Waals surface area (Å²) in [6, 6.07) is 1.67. The molecule has 3 nitrogen and oxygen atoms in total. The average molecular weight is 202 g/mol. The summed E-state index contributed by atoms with van der Waals surface area (Å²) in [5.41, 5.74) is 5.55. The molecule has 0 amide bonds. The molecule has 0 bridgehead atoms. The number of hydrogen-bond acceptors (Lipinski definition) is 2. The Balaban J connectivity index is 3.66. The molecule has 0 heterocycles. The monoisotopic (exact) mass is 202 g/mol. The van der Waals surface area contributed by atoms with E-state index in [1.54, 1.807) is 0 Å². The fraction of sp³-hybridized carbons (Fsp3) is 0.889. The molecule has 0 unspecified atom stereocenters. The van der Waals surface area contributed by atoms with Crippen molar-refractivity contribution in [1.82, 2.24) is 0 Å². The van der Waals surface area contributed by atoms with Gasteiger partial charge in [0.1, 0.15) is 0 Å². The second-order valence-corrected chi connectivity index (χ2v) is 10.3. The lowest BCUT2D eigenvalue weighted by molar-refractivity contribution is 0.317. The van der Waals surface area contributed by atoms with Crippen LogP contribution in [-0.4, -0.2) is 26.7 Å². The summed E-state index contributed by atoms with van der Waals surface area (Å²) >= 11 is 0. The fourth-order valence-electron chi connectivity index (χ4n) is 0.754. The molecule has 0 radical (unpaired) electrons. The van der Waals surface area contributed by atoms with Gasteiger partial charge in [-0.2, -0.15) is 0 Å². The van der Waals surface area contributed by atoms with E-state index in [4.69, 9.17) is 10.5 Å². The molecule has 0 aliphatic carbocycles. The standard InChI is InChI=1S/C9H22N2OSi/c1-8(2)11-9(10)12-6-7-13(3,4)5/h8H,6-7H2,1-5H3,(H2,10,11). The lowest BCUT2D eigenvalue weighted by Crippen LogP contribution is -2.25. The van der Waals surface area contributed by atoms with E-state index in [9.17, 15) is 0 Å². The summed E-state index contributed by atoms with van der Waals surface area (Å²) in [6.45, 7) is 11.6. The Labute approximate surface area is 82.4 Å². The summed E-state index contributed by atoms with van der Waals surface area (Å²) in [5, 5.41) is 0. The number of nitrogens with zero attached hydrogens (tertiary/aromatic N) is 1. The Bertz CT molecular complexity index is 173. The predicted octanol–water partition coefficient (Wildman–Crippen LogP) is 2.06. The van der Waals surface area contributed by atoms with Crippen molar-refractivity contribution in [3.05, 3.63) is 0 Å². The van der Waals surface area contributed by atoms with Crippen LogP contribution < -0.4 is 5.73 Å². The van der Waals surface area contributed by atoms with Gasteiger partial charge in [-0.25, -0.2) is 4.99 Å². The van der Waals surface area contributed by atoms with E-state index in [-0.39, 0.29) is 6.04 Å². The second kappa shape index (κ2) is 5.27. The van der Waals surface area contributed by atoms with Crippen LogP contribution in [0.3, 0.4) is 0 Å². The number of ether oxygens (including phenoxy) is 1. The Morgan fingerprint density at radius 2 is 1.92 bits per heavy atom. The van der Waals surface area contributed by atoms with Gasteiger partial charge in [0.05, 0.1) is 6.61 Å². The SMILES string of the molecule is CC(C)N=C(N)OCC[Si](C)(C)C. The zero-order valence-electron chi connectivity index (χ0n) is 9.42. The minimum atomic E-state index is -1.000. The maximum absolute atomic E-state index is 5.55. The van der Waals surface area contributed by atoms with E-state index in [2.05, 4.69) is 24.6 Å². The third-order valence-corrected chi connectivity index (χ3v) is 3.19. The van der Waals surface area contributed by atoms with Gasteiger partial charge in [-0.05, 0) is 19.9 Å². The van der Waals surface area contributed by atoms with Crippen molar-refractivity contribution >= 4 is 14.1 Å². The van der Waals surface area contributed by atoms with Crippen molar-refractivity contribution < 1.29 is 4.74 Å². The molecule has 0 saturated heterocycles. The average Bonchev–Trinajstić information content (AvgIpc) is 1.81. The largest absolute Gasteiger partial charge is 0.466 e.